The number of benzene rings is 1. The number of hydrogen-bond acceptors (Lipinski definition) is 3. The van der Waals surface area contributed by atoms with Gasteiger partial charge < -0.3 is 4.52 Å². The Morgan fingerprint density at radius 3 is 2.75 bits per heavy atom. The van der Waals surface area contributed by atoms with E-state index >= 15 is 0 Å². The van der Waals surface area contributed by atoms with Gasteiger partial charge in [0.05, 0.1) is 0 Å². The average molecular weight is 211 g/mol. The van der Waals surface area contributed by atoms with Crippen LogP contribution in [0.2, 0.25) is 0 Å². The maximum atomic E-state index is 5.24. The van der Waals surface area contributed by atoms with Crippen molar-refractivity contribution >= 4 is 0 Å². The van der Waals surface area contributed by atoms with Gasteiger partial charge in [-0.1, -0.05) is 35.5 Å². The van der Waals surface area contributed by atoms with E-state index in [1.54, 1.807) is 17.1 Å². The van der Waals surface area contributed by atoms with E-state index in [4.69, 9.17) is 4.52 Å². The molecule has 3 aromatic rings. The van der Waals surface area contributed by atoms with Crippen LogP contribution in [-0.2, 0) is 0 Å². The molecule has 0 aliphatic rings. The normalized spacial score (nSPS) is 10.5. The molecule has 2 heterocycles. The molecule has 0 aliphatic carbocycles. The molecule has 0 amide bonds. The summed E-state index contributed by atoms with van der Waals surface area (Å²) in [7, 11) is 0. The van der Waals surface area contributed by atoms with Crippen molar-refractivity contribution in [2.24, 2.45) is 0 Å². The number of nitrogens with zero attached hydrogens (tertiary/aromatic N) is 3. The fourth-order valence-electron chi connectivity index (χ4n) is 1.52. The van der Waals surface area contributed by atoms with Crippen LogP contribution < -0.4 is 0 Å². The molecular weight excluding hydrogens is 202 g/mol. The minimum Gasteiger partial charge on any atom is -0.337 e. The Hall–Kier alpha value is -2.36. The molecule has 0 bridgehead atoms. The van der Waals surface area contributed by atoms with Gasteiger partial charge in [-0.25, -0.2) is 4.98 Å². The number of hydrogen-bond donors (Lipinski definition) is 0. The quantitative estimate of drug-likeness (QED) is 0.654. The second-order valence-corrected chi connectivity index (χ2v) is 3.39. The lowest BCUT2D eigenvalue weighted by molar-refractivity contribution is 0.408. The number of rotatable bonds is 2. The van der Waals surface area contributed by atoms with Crippen molar-refractivity contribution in [3.8, 4) is 17.1 Å². The number of imidazole rings is 1. The Morgan fingerprint density at radius 1 is 1.12 bits per heavy atom. The molecule has 0 atom stereocenters. The van der Waals surface area contributed by atoms with Gasteiger partial charge in [0.2, 0.25) is 5.88 Å². The summed E-state index contributed by atoms with van der Waals surface area (Å²) in [6.07, 6.45) is 5.19. The Kier molecular flexibility index (Phi) is 2.04. The van der Waals surface area contributed by atoms with Crippen LogP contribution in [0, 0.1) is 0 Å². The van der Waals surface area contributed by atoms with Crippen LogP contribution in [0.1, 0.15) is 0 Å². The molecule has 4 heteroatoms. The van der Waals surface area contributed by atoms with Crippen LogP contribution in [0.4, 0.5) is 0 Å². The summed E-state index contributed by atoms with van der Waals surface area (Å²) in [6.45, 7) is 0. The first kappa shape index (κ1) is 8.91. The van der Waals surface area contributed by atoms with Gasteiger partial charge >= 0.3 is 0 Å². The van der Waals surface area contributed by atoms with Crippen LogP contribution in [0.5, 0.6) is 0 Å². The van der Waals surface area contributed by atoms with E-state index in [-0.39, 0.29) is 0 Å². The van der Waals surface area contributed by atoms with Gasteiger partial charge in [0.25, 0.3) is 0 Å². The van der Waals surface area contributed by atoms with Crippen LogP contribution in [0.15, 0.2) is 59.6 Å². The summed E-state index contributed by atoms with van der Waals surface area (Å²) < 4.78 is 7.01. The van der Waals surface area contributed by atoms with E-state index in [0.29, 0.717) is 5.88 Å². The van der Waals surface area contributed by atoms with Gasteiger partial charge in [-0.05, 0) is 0 Å². The molecule has 0 saturated carbocycles. The topological polar surface area (TPSA) is 43.9 Å². The molecule has 1 aromatic carbocycles. The third kappa shape index (κ3) is 1.50. The van der Waals surface area contributed by atoms with Crippen molar-refractivity contribution in [3.63, 3.8) is 0 Å². The highest BCUT2D eigenvalue weighted by Crippen LogP contribution is 2.20. The van der Waals surface area contributed by atoms with Crippen molar-refractivity contribution in [2.75, 3.05) is 0 Å². The lowest BCUT2D eigenvalue weighted by Crippen LogP contribution is -1.84. The first-order valence-electron chi connectivity index (χ1n) is 4.94. The first-order valence-corrected chi connectivity index (χ1v) is 4.94. The predicted octanol–water partition coefficient (Wildman–Crippen LogP) is 2.53. The van der Waals surface area contributed by atoms with Gasteiger partial charge in [0.15, 0.2) is 0 Å². The smallest absolute Gasteiger partial charge is 0.237 e. The zero-order chi connectivity index (χ0) is 10.8. The van der Waals surface area contributed by atoms with Crippen LogP contribution in [0.25, 0.3) is 17.1 Å². The maximum absolute atomic E-state index is 5.24. The van der Waals surface area contributed by atoms with Crippen LogP contribution >= 0.6 is 0 Å². The largest absolute Gasteiger partial charge is 0.337 e. The fourth-order valence-corrected chi connectivity index (χ4v) is 1.52. The van der Waals surface area contributed by atoms with Gasteiger partial charge in [0, 0.05) is 24.0 Å². The van der Waals surface area contributed by atoms with Crippen molar-refractivity contribution in [1.29, 1.82) is 0 Å². The average Bonchev–Trinajstić information content (AvgIpc) is 3.01. The Labute approximate surface area is 92.1 Å². The predicted molar refractivity (Wildman–Crippen MR) is 59.1 cm³/mol. The Morgan fingerprint density at radius 2 is 2.00 bits per heavy atom. The maximum Gasteiger partial charge on any atom is 0.237 e. The van der Waals surface area contributed by atoms with Crippen molar-refractivity contribution in [2.45, 2.75) is 0 Å². The van der Waals surface area contributed by atoms with E-state index in [2.05, 4.69) is 10.1 Å². The highest BCUT2D eigenvalue weighted by Gasteiger charge is 2.06. The number of aromatic nitrogens is 3. The lowest BCUT2D eigenvalue weighted by atomic mass is 10.2. The van der Waals surface area contributed by atoms with Gasteiger partial charge in [-0.15, -0.1) is 0 Å². The van der Waals surface area contributed by atoms with Gasteiger partial charge in [-0.3, -0.25) is 4.57 Å². The third-order valence-electron chi connectivity index (χ3n) is 2.33. The van der Waals surface area contributed by atoms with Gasteiger partial charge in [0.1, 0.15) is 12.0 Å². The molecule has 0 spiro atoms. The third-order valence-corrected chi connectivity index (χ3v) is 2.33. The summed E-state index contributed by atoms with van der Waals surface area (Å²) >= 11 is 0. The van der Waals surface area contributed by atoms with E-state index < -0.39 is 0 Å². The minimum absolute atomic E-state index is 0.663. The first-order chi connectivity index (χ1) is 7.93. The van der Waals surface area contributed by atoms with E-state index in [9.17, 15) is 0 Å². The molecule has 3 rings (SSSR count). The molecule has 2 aromatic heterocycles. The zero-order valence-corrected chi connectivity index (χ0v) is 8.45. The minimum atomic E-state index is 0.663. The second kappa shape index (κ2) is 3.66. The molecule has 16 heavy (non-hydrogen) atoms. The van der Waals surface area contributed by atoms with Crippen LogP contribution in [0.3, 0.4) is 0 Å². The fraction of sp³-hybridized carbons (Fsp3) is 0. The highest BCUT2D eigenvalue weighted by atomic mass is 16.5. The molecule has 0 radical (unpaired) electrons. The van der Waals surface area contributed by atoms with Crippen molar-refractivity contribution in [1.82, 2.24) is 14.7 Å². The molecule has 0 N–H and O–H groups in total. The standard InChI is InChI=1S/C12H9N3O/c1-2-4-10(5-3-1)11-8-12(16-14-11)15-7-6-13-9-15/h1-9H. The van der Waals surface area contributed by atoms with Crippen molar-refractivity contribution < 1.29 is 4.52 Å². The van der Waals surface area contributed by atoms with E-state index in [1.165, 1.54) is 0 Å². The molecule has 4 nitrogen and oxygen atoms in total. The van der Waals surface area contributed by atoms with Crippen LogP contribution in [-0.4, -0.2) is 14.7 Å². The summed E-state index contributed by atoms with van der Waals surface area (Å²) in [5.74, 6) is 0.663. The second-order valence-electron chi connectivity index (χ2n) is 3.39. The monoisotopic (exact) mass is 211 g/mol. The SMILES string of the molecule is c1ccc(-c2cc(-n3ccnc3)on2)cc1. The molecule has 78 valence electrons. The molecule has 0 aliphatic heterocycles. The Bertz CT molecular complexity index is 569. The zero-order valence-electron chi connectivity index (χ0n) is 8.45. The van der Waals surface area contributed by atoms with Gasteiger partial charge in [-0.2, -0.15) is 0 Å². The van der Waals surface area contributed by atoms with Crippen molar-refractivity contribution in [3.05, 3.63) is 55.1 Å². The molecule has 0 unspecified atom stereocenters. The highest BCUT2D eigenvalue weighted by molar-refractivity contribution is 5.59. The summed E-state index contributed by atoms with van der Waals surface area (Å²) in [6, 6.07) is 11.8. The summed E-state index contributed by atoms with van der Waals surface area (Å²) in [5.41, 5.74) is 1.86. The lowest BCUT2D eigenvalue weighted by Gasteiger charge is -1.92. The molecule has 0 saturated heterocycles. The molecular formula is C12H9N3O. The Balaban J connectivity index is 2.00. The summed E-state index contributed by atoms with van der Waals surface area (Å²) in [5, 5.41) is 4.02. The van der Waals surface area contributed by atoms with E-state index in [0.717, 1.165) is 11.3 Å². The van der Waals surface area contributed by atoms with E-state index in [1.807, 2.05) is 42.6 Å². The molecule has 0 fully saturated rings. The summed E-state index contributed by atoms with van der Waals surface area (Å²) in [4.78, 5) is 3.96.